The minimum absolute atomic E-state index is 0.114. The Morgan fingerprint density at radius 3 is 2.46 bits per heavy atom. The van der Waals surface area contributed by atoms with Crippen LogP contribution in [-0.4, -0.2) is 37.8 Å². The van der Waals surface area contributed by atoms with Crippen molar-refractivity contribution in [3.8, 4) is 5.75 Å². The van der Waals surface area contributed by atoms with E-state index in [0.717, 1.165) is 12.1 Å². The van der Waals surface area contributed by atoms with E-state index in [4.69, 9.17) is 16.3 Å². The molecule has 0 heterocycles. The molecular weight excluding hydrogens is 413 g/mol. The van der Waals surface area contributed by atoms with Crippen molar-refractivity contribution in [2.75, 3.05) is 7.11 Å². The molecule has 0 spiro atoms. The summed E-state index contributed by atoms with van der Waals surface area (Å²) in [5, 5.41) is 20.2. The van der Waals surface area contributed by atoms with E-state index in [-0.39, 0.29) is 21.2 Å². The highest BCUT2D eigenvalue weighted by atomic mass is 35.5. The first-order valence-electron chi connectivity index (χ1n) is 8.02. The molecule has 2 unspecified atom stereocenters. The molecule has 0 aliphatic rings. The van der Waals surface area contributed by atoms with Gasteiger partial charge < -0.3 is 14.9 Å². The molecule has 0 amide bonds. The maximum absolute atomic E-state index is 14.3. The molecule has 2 rings (SSSR count). The van der Waals surface area contributed by atoms with Gasteiger partial charge in [0, 0.05) is 16.7 Å². The summed E-state index contributed by atoms with van der Waals surface area (Å²) >= 11 is 5.81. The zero-order valence-corrected chi connectivity index (χ0v) is 16.8. The number of ether oxygens (including phenoxy) is 1. The predicted octanol–water partition coefficient (Wildman–Crippen LogP) is 2.57. The first-order valence-corrected chi connectivity index (χ1v) is 9.88. The Morgan fingerprint density at radius 1 is 1.25 bits per heavy atom. The quantitative estimate of drug-likeness (QED) is 0.621. The third kappa shape index (κ3) is 4.44. The van der Waals surface area contributed by atoms with Crippen LogP contribution in [0.25, 0.3) is 0 Å². The summed E-state index contributed by atoms with van der Waals surface area (Å²) in [5.41, 5.74) is 0.641. The number of benzene rings is 2. The summed E-state index contributed by atoms with van der Waals surface area (Å²) < 4.78 is 46.6. The number of hydrogen-bond donors (Lipinski definition) is 3. The van der Waals surface area contributed by atoms with Crippen LogP contribution < -0.4 is 9.46 Å². The van der Waals surface area contributed by atoms with Gasteiger partial charge in [0.15, 0.2) is 0 Å². The Morgan fingerprint density at radius 2 is 1.89 bits per heavy atom. The number of carbonyl (C=O) groups is 1. The zero-order chi connectivity index (χ0) is 21.2. The van der Waals surface area contributed by atoms with Crippen molar-refractivity contribution >= 4 is 27.6 Å². The van der Waals surface area contributed by atoms with E-state index < -0.39 is 34.0 Å². The molecule has 0 saturated heterocycles. The van der Waals surface area contributed by atoms with Crippen molar-refractivity contribution < 1.29 is 32.6 Å². The normalized spacial score (nSPS) is 13.8. The van der Waals surface area contributed by atoms with Crippen molar-refractivity contribution in [2.24, 2.45) is 0 Å². The highest BCUT2D eigenvalue weighted by Gasteiger charge is 2.36. The highest BCUT2D eigenvalue weighted by Crippen LogP contribution is 2.30. The first kappa shape index (κ1) is 22.1. The van der Waals surface area contributed by atoms with Crippen molar-refractivity contribution in [1.82, 2.24) is 4.72 Å². The third-order valence-electron chi connectivity index (χ3n) is 4.31. The number of hydrogen-bond acceptors (Lipinski definition) is 5. The lowest BCUT2D eigenvalue weighted by molar-refractivity contribution is -0.142. The third-order valence-corrected chi connectivity index (χ3v) is 6.02. The number of methoxy groups -OCH3 is 1. The Hall–Kier alpha value is -2.20. The van der Waals surface area contributed by atoms with Gasteiger partial charge >= 0.3 is 5.97 Å². The summed E-state index contributed by atoms with van der Waals surface area (Å²) in [5.74, 6) is -2.63. The second kappa shape index (κ2) is 8.44. The van der Waals surface area contributed by atoms with Gasteiger partial charge in [0.25, 0.3) is 0 Å². The Bertz CT molecular complexity index is 1010. The molecule has 2 aromatic carbocycles. The lowest BCUT2D eigenvalue weighted by Crippen LogP contribution is -2.45. The summed E-state index contributed by atoms with van der Waals surface area (Å²) in [6.45, 7) is 3.16. The first-order chi connectivity index (χ1) is 13.0. The van der Waals surface area contributed by atoms with E-state index in [9.17, 15) is 27.8 Å². The molecule has 0 saturated carbocycles. The second-order valence-electron chi connectivity index (χ2n) is 6.08. The molecule has 7 nitrogen and oxygen atoms in total. The van der Waals surface area contributed by atoms with Crippen molar-refractivity contribution in [2.45, 2.75) is 30.9 Å². The Balaban J connectivity index is 2.49. The molecule has 0 aliphatic heterocycles. The van der Waals surface area contributed by atoms with E-state index in [1.807, 2.05) is 4.72 Å². The standard InChI is InChI=1S/C18H19ClFNO6S/c1-9-4-6-12(20)15(10(9)2)17(22)16(18(23)24)21-28(25,26)14-7-5-11(19)8-13(14)27-3/h4-8,16-17,21-22H,1-3H3,(H,23,24). The summed E-state index contributed by atoms with van der Waals surface area (Å²) in [7, 11) is -3.23. The fraction of sp³-hybridized carbons (Fsp3) is 0.278. The van der Waals surface area contributed by atoms with Crippen molar-refractivity contribution in [1.29, 1.82) is 0 Å². The Kier molecular flexibility index (Phi) is 6.66. The molecule has 0 bridgehead atoms. The summed E-state index contributed by atoms with van der Waals surface area (Å²) in [6, 6.07) is 4.17. The molecule has 0 aromatic heterocycles. The number of aryl methyl sites for hydroxylation is 1. The number of carboxylic acid groups (broad SMARTS) is 1. The van der Waals surface area contributed by atoms with Crippen molar-refractivity contribution in [3.63, 3.8) is 0 Å². The van der Waals surface area contributed by atoms with Gasteiger partial charge in [0.05, 0.1) is 7.11 Å². The Labute approximate surface area is 166 Å². The van der Waals surface area contributed by atoms with Gasteiger partial charge in [-0.3, -0.25) is 4.79 Å². The van der Waals surface area contributed by atoms with Gasteiger partial charge in [-0.2, -0.15) is 4.72 Å². The minimum atomic E-state index is -4.45. The van der Waals surface area contributed by atoms with E-state index in [1.165, 1.54) is 32.2 Å². The average Bonchev–Trinajstić information content (AvgIpc) is 2.62. The van der Waals surface area contributed by atoms with Crippen LogP contribution in [0.3, 0.4) is 0 Å². The van der Waals surface area contributed by atoms with Gasteiger partial charge in [-0.15, -0.1) is 0 Å². The monoisotopic (exact) mass is 431 g/mol. The van der Waals surface area contributed by atoms with Gasteiger partial charge in [0.1, 0.15) is 28.6 Å². The predicted molar refractivity (Wildman–Crippen MR) is 101 cm³/mol. The van der Waals surface area contributed by atoms with E-state index in [0.29, 0.717) is 11.1 Å². The molecular formula is C18H19ClFNO6S. The molecule has 2 aromatic rings. The molecule has 0 fully saturated rings. The van der Waals surface area contributed by atoms with E-state index in [2.05, 4.69) is 0 Å². The van der Waals surface area contributed by atoms with Gasteiger partial charge in [-0.1, -0.05) is 17.7 Å². The average molecular weight is 432 g/mol. The number of halogens is 2. The van der Waals surface area contributed by atoms with Crippen LogP contribution in [-0.2, 0) is 14.8 Å². The lowest BCUT2D eigenvalue weighted by Gasteiger charge is -2.23. The smallest absolute Gasteiger partial charge is 0.324 e. The molecule has 152 valence electrons. The highest BCUT2D eigenvalue weighted by molar-refractivity contribution is 7.89. The second-order valence-corrected chi connectivity index (χ2v) is 8.20. The molecule has 28 heavy (non-hydrogen) atoms. The van der Waals surface area contributed by atoms with E-state index in [1.54, 1.807) is 6.92 Å². The maximum atomic E-state index is 14.3. The van der Waals surface area contributed by atoms with Crippen LogP contribution in [0.2, 0.25) is 5.02 Å². The summed E-state index contributed by atoms with van der Waals surface area (Å²) in [4.78, 5) is 11.3. The van der Waals surface area contributed by atoms with Crippen LogP contribution in [0, 0.1) is 19.7 Å². The maximum Gasteiger partial charge on any atom is 0.324 e. The molecule has 10 heteroatoms. The number of sulfonamides is 1. The van der Waals surface area contributed by atoms with Gasteiger partial charge in [-0.25, -0.2) is 12.8 Å². The molecule has 0 aliphatic carbocycles. The van der Waals surface area contributed by atoms with Crippen molar-refractivity contribution in [3.05, 3.63) is 57.9 Å². The van der Waals surface area contributed by atoms with Crippen LogP contribution in [0.5, 0.6) is 5.75 Å². The van der Waals surface area contributed by atoms with Gasteiger partial charge in [0.2, 0.25) is 10.0 Å². The topological polar surface area (TPSA) is 113 Å². The van der Waals surface area contributed by atoms with Gasteiger partial charge in [-0.05, 0) is 43.2 Å². The summed E-state index contributed by atoms with van der Waals surface area (Å²) in [6.07, 6.45) is -1.97. The SMILES string of the molecule is COc1cc(Cl)ccc1S(=O)(=O)NC(C(=O)O)C(O)c1c(F)ccc(C)c1C. The van der Waals surface area contributed by atoms with Crippen LogP contribution in [0.15, 0.2) is 35.2 Å². The number of aliphatic hydroxyl groups is 1. The molecule has 3 N–H and O–H groups in total. The van der Waals surface area contributed by atoms with Crippen LogP contribution in [0.4, 0.5) is 4.39 Å². The van der Waals surface area contributed by atoms with Crippen LogP contribution in [0.1, 0.15) is 22.8 Å². The lowest BCUT2D eigenvalue weighted by atomic mass is 9.95. The van der Waals surface area contributed by atoms with E-state index >= 15 is 0 Å². The fourth-order valence-electron chi connectivity index (χ4n) is 2.68. The molecule has 2 atom stereocenters. The minimum Gasteiger partial charge on any atom is -0.495 e. The van der Waals surface area contributed by atoms with Crippen LogP contribution >= 0.6 is 11.6 Å². The number of nitrogens with one attached hydrogen (secondary N) is 1. The molecule has 0 radical (unpaired) electrons. The number of aliphatic hydroxyl groups excluding tert-OH is 1. The zero-order valence-electron chi connectivity index (χ0n) is 15.2. The number of carboxylic acids is 1. The number of rotatable bonds is 7. The largest absolute Gasteiger partial charge is 0.495 e. The number of aliphatic carboxylic acids is 1. The fourth-order valence-corrected chi connectivity index (χ4v) is 4.19.